The summed E-state index contributed by atoms with van der Waals surface area (Å²) in [5.41, 5.74) is 3.56. The third-order valence-electron chi connectivity index (χ3n) is 2.45. The summed E-state index contributed by atoms with van der Waals surface area (Å²) < 4.78 is 10.5. The summed E-state index contributed by atoms with van der Waals surface area (Å²) in [4.78, 5) is 0. The van der Waals surface area contributed by atoms with Crippen LogP contribution >= 0.6 is 23.2 Å². The van der Waals surface area contributed by atoms with E-state index in [1.165, 1.54) is 5.54 Å². The molecule has 19 heavy (non-hydrogen) atoms. The molecule has 0 atom stereocenters. The van der Waals surface area contributed by atoms with Crippen LogP contribution in [0.5, 0.6) is 5.75 Å². The monoisotopic (exact) mass is 303 g/mol. The molecule has 1 aromatic carbocycles. The molecule has 0 saturated carbocycles. The zero-order chi connectivity index (χ0) is 14.1. The Morgan fingerprint density at radius 1 is 1.42 bits per heavy atom. The Hall–Kier alpha value is -0.740. The van der Waals surface area contributed by atoms with Crippen LogP contribution in [0.25, 0.3) is 0 Å². The molecule has 0 bridgehead atoms. The van der Waals surface area contributed by atoms with Gasteiger partial charge in [0.15, 0.2) is 0 Å². The van der Waals surface area contributed by atoms with Crippen molar-refractivity contribution in [1.29, 1.82) is 0 Å². The molecule has 106 valence electrons. The first-order valence-electron chi connectivity index (χ1n) is 6.04. The maximum absolute atomic E-state index is 6.17. The van der Waals surface area contributed by atoms with Gasteiger partial charge in [-0.15, -0.1) is 0 Å². The highest BCUT2D eigenvalue weighted by atomic mass is 35.5. The highest BCUT2D eigenvalue weighted by Crippen LogP contribution is 2.25. The molecule has 0 heterocycles. The van der Waals surface area contributed by atoms with Crippen molar-refractivity contribution in [1.82, 2.24) is 5.32 Å². The molecule has 0 amide bonds. The lowest BCUT2D eigenvalue weighted by Gasteiger charge is -2.10. The maximum Gasteiger partial charge on any atom is 0.138 e. The second-order valence-electron chi connectivity index (χ2n) is 4.18. The summed E-state index contributed by atoms with van der Waals surface area (Å²) in [6.45, 7) is 4.60. The Bertz CT molecular complexity index is 422. The highest BCUT2D eigenvalue weighted by molar-refractivity contribution is 6.32. The van der Waals surface area contributed by atoms with E-state index in [9.17, 15) is 0 Å². The van der Waals surface area contributed by atoms with E-state index in [-0.39, 0.29) is 0 Å². The average Bonchev–Trinajstić information content (AvgIpc) is 2.42. The van der Waals surface area contributed by atoms with Crippen molar-refractivity contribution in [3.63, 3.8) is 0 Å². The van der Waals surface area contributed by atoms with E-state index in [1.54, 1.807) is 7.11 Å². The van der Waals surface area contributed by atoms with Crippen molar-refractivity contribution in [2.45, 2.75) is 13.5 Å². The van der Waals surface area contributed by atoms with Crippen LogP contribution in [0.4, 0.5) is 0 Å². The van der Waals surface area contributed by atoms with Crippen molar-refractivity contribution >= 4 is 23.2 Å². The van der Waals surface area contributed by atoms with Crippen LogP contribution < -0.4 is 10.1 Å². The second kappa shape index (κ2) is 9.21. The lowest BCUT2D eigenvalue weighted by atomic mass is 10.2. The molecule has 3 nitrogen and oxygen atoms in total. The quantitative estimate of drug-likeness (QED) is 0.744. The molecular formula is C14H19Cl2NO2. The molecule has 1 N–H and O–H groups in total. The zero-order valence-electron chi connectivity index (χ0n) is 11.2. The van der Waals surface area contributed by atoms with Crippen LogP contribution in [0.1, 0.15) is 12.5 Å². The number of hydrogen-bond acceptors (Lipinski definition) is 3. The molecule has 1 aromatic rings. The molecule has 5 heteroatoms. The molecule has 1 rings (SSSR count). The minimum atomic E-state index is 0.439. The first-order chi connectivity index (χ1) is 9.17. The standard InChI is InChI=1S/C14H19Cl2NO2/c1-11(8-15)10-19-14-4-3-12(7-13(14)16)9-17-5-6-18-2/h3-4,7-8,17H,5-6,9-10H2,1-2H3/b11-8+. The van der Waals surface area contributed by atoms with E-state index >= 15 is 0 Å². The van der Waals surface area contributed by atoms with Crippen LogP contribution in [0.15, 0.2) is 29.3 Å². The van der Waals surface area contributed by atoms with E-state index in [4.69, 9.17) is 32.7 Å². The Kier molecular flexibility index (Phi) is 7.91. The van der Waals surface area contributed by atoms with E-state index in [0.29, 0.717) is 24.0 Å². The van der Waals surface area contributed by atoms with Crippen molar-refractivity contribution in [2.75, 3.05) is 26.9 Å². The highest BCUT2D eigenvalue weighted by Gasteiger charge is 2.03. The Balaban J connectivity index is 2.49. The number of rotatable bonds is 8. The third kappa shape index (κ3) is 6.30. The molecule has 0 unspecified atom stereocenters. The number of hydrogen-bond donors (Lipinski definition) is 1. The fourth-order valence-electron chi connectivity index (χ4n) is 1.40. The normalized spacial score (nSPS) is 11.7. The van der Waals surface area contributed by atoms with Crippen molar-refractivity contribution in [3.05, 3.63) is 39.9 Å². The van der Waals surface area contributed by atoms with Gasteiger partial charge in [-0.25, -0.2) is 0 Å². The smallest absolute Gasteiger partial charge is 0.138 e. The molecule has 0 fully saturated rings. The predicted molar refractivity (Wildman–Crippen MR) is 80.1 cm³/mol. The van der Waals surface area contributed by atoms with Crippen molar-refractivity contribution in [3.8, 4) is 5.75 Å². The first-order valence-corrected chi connectivity index (χ1v) is 6.85. The molecule has 0 aliphatic rings. The van der Waals surface area contributed by atoms with E-state index in [2.05, 4.69) is 5.32 Å². The summed E-state index contributed by atoms with van der Waals surface area (Å²) in [5.74, 6) is 0.667. The number of benzene rings is 1. The van der Waals surface area contributed by atoms with Gasteiger partial charge in [-0.1, -0.05) is 29.3 Å². The van der Waals surface area contributed by atoms with Gasteiger partial charge in [0, 0.05) is 25.7 Å². The Morgan fingerprint density at radius 3 is 2.84 bits per heavy atom. The summed E-state index contributed by atoms with van der Waals surface area (Å²) in [6.07, 6.45) is 0. The Labute approximate surface area is 124 Å². The van der Waals surface area contributed by atoms with E-state index < -0.39 is 0 Å². The summed E-state index contributed by atoms with van der Waals surface area (Å²) in [7, 11) is 1.68. The van der Waals surface area contributed by atoms with Gasteiger partial charge in [0.2, 0.25) is 0 Å². The average molecular weight is 304 g/mol. The number of nitrogens with one attached hydrogen (secondary N) is 1. The number of methoxy groups -OCH3 is 1. The van der Waals surface area contributed by atoms with E-state index in [1.807, 2.05) is 25.1 Å². The third-order valence-corrected chi connectivity index (χ3v) is 3.12. The van der Waals surface area contributed by atoms with Gasteiger partial charge in [-0.2, -0.15) is 0 Å². The molecule has 0 aliphatic carbocycles. The van der Waals surface area contributed by atoms with Gasteiger partial charge >= 0.3 is 0 Å². The lowest BCUT2D eigenvalue weighted by Crippen LogP contribution is -2.18. The lowest BCUT2D eigenvalue weighted by molar-refractivity contribution is 0.199. The molecule has 0 aliphatic heterocycles. The van der Waals surface area contributed by atoms with Crippen LogP contribution in [0.2, 0.25) is 5.02 Å². The summed E-state index contributed by atoms with van der Waals surface area (Å²) >= 11 is 11.7. The van der Waals surface area contributed by atoms with E-state index in [0.717, 1.165) is 24.2 Å². The van der Waals surface area contributed by atoms with Gasteiger partial charge in [0.05, 0.1) is 11.6 Å². The topological polar surface area (TPSA) is 30.5 Å². The Morgan fingerprint density at radius 2 is 2.21 bits per heavy atom. The van der Waals surface area contributed by atoms with Crippen LogP contribution in [0.3, 0.4) is 0 Å². The summed E-state index contributed by atoms with van der Waals surface area (Å²) in [5, 5.41) is 3.86. The first kappa shape index (κ1) is 16.3. The largest absolute Gasteiger partial charge is 0.488 e. The minimum absolute atomic E-state index is 0.439. The van der Waals surface area contributed by atoms with Gasteiger partial charge in [-0.3, -0.25) is 0 Å². The molecule has 0 aromatic heterocycles. The van der Waals surface area contributed by atoms with Gasteiger partial charge in [0.25, 0.3) is 0 Å². The SMILES string of the molecule is COCCNCc1ccc(OC/C(C)=C/Cl)c(Cl)c1. The molecule has 0 saturated heterocycles. The molecule has 0 spiro atoms. The predicted octanol–water partition coefficient (Wildman–Crippen LogP) is 3.60. The maximum atomic E-state index is 6.17. The van der Waals surface area contributed by atoms with Crippen LogP contribution in [-0.2, 0) is 11.3 Å². The van der Waals surface area contributed by atoms with Crippen molar-refractivity contribution in [2.24, 2.45) is 0 Å². The van der Waals surface area contributed by atoms with Gasteiger partial charge in [-0.05, 0) is 30.2 Å². The summed E-state index contributed by atoms with van der Waals surface area (Å²) in [6, 6.07) is 5.76. The van der Waals surface area contributed by atoms with Gasteiger partial charge < -0.3 is 14.8 Å². The van der Waals surface area contributed by atoms with Crippen molar-refractivity contribution < 1.29 is 9.47 Å². The fraction of sp³-hybridized carbons (Fsp3) is 0.429. The fourth-order valence-corrected chi connectivity index (χ4v) is 1.72. The van der Waals surface area contributed by atoms with Crippen LogP contribution in [-0.4, -0.2) is 26.9 Å². The zero-order valence-corrected chi connectivity index (χ0v) is 12.7. The molecule has 0 radical (unpaired) electrons. The second-order valence-corrected chi connectivity index (χ2v) is 4.80. The van der Waals surface area contributed by atoms with Gasteiger partial charge in [0.1, 0.15) is 12.4 Å². The molecular weight excluding hydrogens is 285 g/mol. The number of halogens is 2. The van der Waals surface area contributed by atoms with Crippen LogP contribution in [0, 0.1) is 0 Å². The number of ether oxygens (including phenoxy) is 2. The minimum Gasteiger partial charge on any atom is -0.488 e.